The number of nitrogens with zero attached hydrogens (tertiary/aromatic N) is 3. The van der Waals surface area contributed by atoms with Gasteiger partial charge in [0.2, 0.25) is 0 Å². The van der Waals surface area contributed by atoms with E-state index in [0.29, 0.717) is 0 Å². The van der Waals surface area contributed by atoms with Gasteiger partial charge in [-0.15, -0.1) is 0 Å². The van der Waals surface area contributed by atoms with Crippen molar-refractivity contribution in [3.63, 3.8) is 0 Å². The Bertz CT molecular complexity index is 401. The molecule has 2 rings (SSSR count). The molecule has 0 bridgehead atoms. The van der Waals surface area contributed by atoms with Crippen molar-refractivity contribution < 1.29 is 5.21 Å². The molecule has 0 unspecified atom stereocenters. The number of anilines is 1. The van der Waals surface area contributed by atoms with E-state index >= 15 is 0 Å². The highest BCUT2D eigenvalue weighted by Crippen LogP contribution is 2.31. The Morgan fingerprint density at radius 2 is 2.44 bits per heavy atom. The molecule has 86 valence electrons. The number of hydrogen-bond donors (Lipinski definition) is 2. The average Bonchev–Trinajstić information content (AvgIpc) is 3.12. The Hall–Kier alpha value is -1.78. The maximum Gasteiger partial charge on any atom is 0.172 e. The van der Waals surface area contributed by atoms with Crippen molar-refractivity contribution in [1.82, 2.24) is 4.98 Å². The van der Waals surface area contributed by atoms with Crippen LogP contribution >= 0.6 is 0 Å². The zero-order chi connectivity index (χ0) is 11.5. The van der Waals surface area contributed by atoms with E-state index in [1.807, 2.05) is 7.05 Å². The van der Waals surface area contributed by atoms with Gasteiger partial charge in [0, 0.05) is 25.4 Å². The van der Waals surface area contributed by atoms with E-state index in [9.17, 15) is 0 Å². The molecule has 1 fully saturated rings. The fourth-order valence-corrected chi connectivity index (χ4v) is 1.75. The highest BCUT2D eigenvalue weighted by Gasteiger charge is 2.24. The minimum absolute atomic E-state index is 0.125. The van der Waals surface area contributed by atoms with Gasteiger partial charge in [0.25, 0.3) is 0 Å². The number of amidine groups is 1. The van der Waals surface area contributed by atoms with Crippen molar-refractivity contribution >= 4 is 11.5 Å². The number of oxime groups is 1. The molecule has 0 amide bonds. The van der Waals surface area contributed by atoms with Crippen LogP contribution in [0.1, 0.15) is 18.4 Å². The first-order chi connectivity index (χ1) is 7.72. The first kappa shape index (κ1) is 10.7. The third-order valence-corrected chi connectivity index (χ3v) is 2.82. The zero-order valence-corrected chi connectivity index (χ0v) is 9.30. The molecule has 16 heavy (non-hydrogen) atoms. The predicted molar refractivity (Wildman–Crippen MR) is 62.7 cm³/mol. The molecular formula is C11H16N4O. The van der Waals surface area contributed by atoms with Crippen LogP contribution in [0.4, 0.5) is 5.69 Å². The third kappa shape index (κ3) is 2.24. The Morgan fingerprint density at radius 1 is 1.69 bits per heavy atom. The van der Waals surface area contributed by atoms with E-state index in [4.69, 9.17) is 10.9 Å². The van der Waals surface area contributed by atoms with Gasteiger partial charge in [-0.05, 0) is 24.8 Å². The Morgan fingerprint density at radius 3 is 3.06 bits per heavy atom. The molecule has 5 nitrogen and oxygen atoms in total. The summed E-state index contributed by atoms with van der Waals surface area (Å²) in [4.78, 5) is 6.19. The van der Waals surface area contributed by atoms with Crippen LogP contribution in [0.2, 0.25) is 0 Å². The third-order valence-electron chi connectivity index (χ3n) is 2.82. The molecule has 1 aliphatic rings. The molecule has 3 N–H and O–H groups in total. The minimum atomic E-state index is 0.125. The number of nitrogens with two attached hydrogens (primary N) is 1. The van der Waals surface area contributed by atoms with Gasteiger partial charge in [0.1, 0.15) is 0 Å². The van der Waals surface area contributed by atoms with Gasteiger partial charge in [-0.2, -0.15) is 0 Å². The maximum absolute atomic E-state index is 8.71. The van der Waals surface area contributed by atoms with Crippen molar-refractivity contribution in [2.45, 2.75) is 12.8 Å². The summed E-state index contributed by atoms with van der Waals surface area (Å²) in [7, 11) is 2.00. The van der Waals surface area contributed by atoms with Gasteiger partial charge >= 0.3 is 0 Å². The molecule has 0 spiro atoms. The molecule has 5 heteroatoms. The molecule has 1 saturated carbocycles. The summed E-state index contributed by atoms with van der Waals surface area (Å²) in [6.45, 7) is 0.997. The van der Waals surface area contributed by atoms with Gasteiger partial charge in [0.05, 0.1) is 11.9 Å². The van der Waals surface area contributed by atoms with Gasteiger partial charge in [-0.25, -0.2) is 0 Å². The molecule has 0 aliphatic heterocycles. The highest BCUT2D eigenvalue weighted by atomic mass is 16.4. The Labute approximate surface area is 94.6 Å². The van der Waals surface area contributed by atoms with Gasteiger partial charge < -0.3 is 15.8 Å². The standard InChI is InChI=1S/C11H16N4O/c1-15(7-8-2-3-8)10-6-13-5-4-9(10)11(12)14-16/h4-6,8,16H,2-3,7H2,1H3,(H2,12,14). The lowest BCUT2D eigenvalue weighted by Gasteiger charge is -2.21. The van der Waals surface area contributed by atoms with Crippen LogP contribution in [0.5, 0.6) is 0 Å². The molecule has 0 aromatic carbocycles. The lowest BCUT2D eigenvalue weighted by molar-refractivity contribution is 0.318. The van der Waals surface area contributed by atoms with Crippen molar-refractivity contribution in [3.05, 3.63) is 24.0 Å². The lowest BCUT2D eigenvalue weighted by Crippen LogP contribution is -2.24. The van der Waals surface area contributed by atoms with Crippen LogP contribution in [-0.4, -0.2) is 29.6 Å². The fourth-order valence-electron chi connectivity index (χ4n) is 1.75. The summed E-state index contributed by atoms with van der Waals surface area (Å²) >= 11 is 0. The van der Waals surface area contributed by atoms with E-state index in [1.165, 1.54) is 12.8 Å². The van der Waals surface area contributed by atoms with Gasteiger partial charge in [-0.1, -0.05) is 5.16 Å². The molecule has 1 aromatic heterocycles. The first-order valence-corrected chi connectivity index (χ1v) is 5.35. The van der Waals surface area contributed by atoms with Crippen molar-refractivity contribution in [1.29, 1.82) is 0 Å². The smallest absolute Gasteiger partial charge is 0.172 e. The number of pyridine rings is 1. The van der Waals surface area contributed by atoms with Crippen LogP contribution in [0.3, 0.4) is 0 Å². The van der Waals surface area contributed by atoms with E-state index in [1.54, 1.807) is 18.5 Å². The molecule has 1 heterocycles. The number of aromatic nitrogens is 1. The molecular weight excluding hydrogens is 204 g/mol. The van der Waals surface area contributed by atoms with Crippen LogP contribution in [0, 0.1) is 5.92 Å². The number of rotatable bonds is 4. The molecule has 0 atom stereocenters. The lowest BCUT2D eigenvalue weighted by atomic mass is 10.2. The molecule has 1 aliphatic carbocycles. The quantitative estimate of drug-likeness (QED) is 0.344. The average molecular weight is 220 g/mol. The van der Waals surface area contributed by atoms with E-state index in [-0.39, 0.29) is 5.84 Å². The van der Waals surface area contributed by atoms with Gasteiger partial charge in [0.15, 0.2) is 5.84 Å². The second-order valence-electron chi connectivity index (χ2n) is 4.20. The monoisotopic (exact) mass is 220 g/mol. The summed E-state index contributed by atoms with van der Waals surface area (Å²) in [6.07, 6.45) is 5.98. The SMILES string of the molecule is CN(CC1CC1)c1cnccc1/C(N)=N/O. The Kier molecular flexibility index (Phi) is 2.94. The summed E-state index contributed by atoms with van der Waals surface area (Å²) in [5.41, 5.74) is 7.25. The van der Waals surface area contributed by atoms with Crippen molar-refractivity contribution in [2.24, 2.45) is 16.8 Å². The van der Waals surface area contributed by atoms with Crippen LogP contribution in [-0.2, 0) is 0 Å². The van der Waals surface area contributed by atoms with Crippen molar-refractivity contribution in [3.8, 4) is 0 Å². The molecule has 1 aromatic rings. The number of hydrogen-bond acceptors (Lipinski definition) is 4. The first-order valence-electron chi connectivity index (χ1n) is 5.35. The zero-order valence-electron chi connectivity index (χ0n) is 9.30. The van der Waals surface area contributed by atoms with Crippen molar-refractivity contribution in [2.75, 3.05) is 18.5 Å². The summed E-state index contributed by atoms with van der Waals surface area (Å²) in [6, 6.07) is 1.76. The van der Waals surface area contributed by atoms with E-state index < -0.39 is 0 Å². The second-order valence-corrected chi connectivity index (χ2v) is 4.20. The molecule has 0 radical (unpaired) electrons. The van der Waals surface area contributed by atoms with Crippen LogP contribution in [0.15, 0.2) is 23.6 Å². The topological polar surface area (TPSA) is 74.7 Å². The fraction of sp³-hybridized carbons (Fsp3) is 0.455. The van der Waals surface area contributed by atoms with E-state index in [0.717, 1.165) is 23.7 Å². The normalized spacial score (nSPS) is 16.2. The largest absolute Gasteiger partial charge is 0.409 e. The maximum atomic E-state index is 8.71. The molecule has 0 saturated heterocycles. The summed E-state index contributed by atoms with van der Waals surface area (Å²) < 4.78 is 0. The van der Waals surface area contributed by atoms with Crippen LogP contribution < -0.4 is 10.6 Å². The van der Waals surface area contributed by atoms with Crippen LogP contribution in [0.25, 0.3) is 0 Å². The predicted octanol–water partition coefficient (Wildman–Crippen LogP) is 1.02. The van der Waals surface area contributed by atoms with Gasteiger partial charge in [-0.3, -0.25) is 4.98 Å². The summed E-state index contributed by atoms with van der Waals surface area (Å²) in [5, 5.41) is 11.7. The minimum Gasteiger partial charge on any atom is -0.409 e. The second kappa shape index (κ2) is 4.38. The Balaban J connectivity index is 2.23. The van der Waals surface area contributed by atoms with E-state index in [2.05, 4.69) is 15.0 Å². The summed E-state index contributed by atoms with van der Waals surface area (Å²) in [5.74, 6) is 0.908. The highest BCUT2D eigenvalue weighted by molar-refractivity contribution is 6.01.